The molecule has 0 rings (SSSR count). The molecule has 0 aliphatic rings. The minimum atomic E-state index is -0.0602. The Kier molecular flexibility index (Phi) is 4.86. The molecule has 0 saturated carbocycles. The second kappa shape index (κ2) is 5.13. The molecule has 1 amide bonds. The maximum absolute atomic E-state index is 11.2. The van der Waals surface area contributed by atoms with Crippen LogP contribution in [0.5, 0.6) is 0 Å². The van der Waals surface area contributed by atoms with Gasteiger partial charge >= 0.3 is 0 Å². The van der Waals surface area contributed by atoms with Gasteiger partial charge in [0.05, 0.1) is 6.04 Å². The Morgan fingerprint density at radius 3 is 2.27 bits per heavy atom. The van der Waals surface area contributed by atoms with E-state index in [-0.39, 0.29) is 11.9 Å². The quantitative estimate of drug-likeness (QED) is 0.620. The normalized spacial score (nSPS) is 13.2. The molecule has 0 saturated heterocycles. The molecular weight excluding hydrogens is 140 g/mol. The number of amides is 1. The van der Waals surface area contributed by atoms with Crippen molar-refractivity contribution in [2.45, 2.75) is 26.8 Å². The summed E-state index contributed by atoms with van der Waals surface area (Å²) >= 11 is 0. The topological polar surface area (TPSA) is 41.1 Å². The van der Waals surface area contributed by atoms with Crippen LogP contribution in [0.1, 0.15) is 20.8 Å². The maximum Gasteiger partial charge on any atom is 0.237 e. The lowest BCUT2D eigenvalue weighted by atomic mass is 10.0. The smallest absolute Gasteiger partial charge is 0.237 e. The number of likely N-dealkylation sites (N-methyl/N-ethyl adjacent to an activating group) is 2. The predicted molar refractivity (Wildman–Crippen MR) is 46.4 cm³/mol. The zero-order valence-electron chi connectivity index (χ0n) is 7.77. The summed E-state index contributed by atoms with van der Waals surface area (Å²) in [7, 11) is 1.81. The summed E-state index contributed by atoms with van der Waals surface area (Å²) in [5.41, 5.74) is 0. The van der Waals surface area contributed by atoms with Crippen LogP contribution in [0.2, 0.25) is 0 Å². The predicted octanol–water partition coefficient (Wildman–Crippen LogP) is 0.366. The molecular formula is C8H18N2O. The van der Waals surface area contributed by atoms with Gasteiger partial charge in [0.1, 0.15) is 0 Å². The van der Waals surface area contributed by atoms with Gasteiger partial charge in [-0.25, -0.2) is 0 Å². The number of hydrogen-bond acceptors (Lipinski definition) is 2. The van der Waals surface area contributed by atoms with Crippen LogP contribution in [0.15, 0.2) is 0 Å². The van der Waals surface area contributed by atoms with Gasteiger partial charge in [-0.05, 0) is 19.9 Å². The highest BCUT2D eigenvalue weighted by atomic mass is 16.2. The van der Waals surface area contributed by atoms with Crippen molar-refractivity contribution in [3.8, 4) is 0 Å². The zero-order chi connectivity index (χ0) is 8.85. The van der Waals surface area contributed by atoms with E-state index in [9.17, 15) is 4.79 Å². The molecule has 0 aromatic rings. The second-order valence-corrected chi connectivity index (χ2v) is 2.90. The fourth-order valence-electron chi connectivity index (χ4n) is 1.05. The van der Waals surface area contributed by atoms with Crippen LogP contribution in [-0.4, -0.2) is 25.5 Å². The van der Waals surface area contributed by atoms with Crippen molar-refractivity contribution in [2.24, 2.45) is 5.92 Å². The Bertz CT molecular complexity index is 123. The maximum atomic E-state index is 11.2. The first-order valence-corrected chi connectivity index (χ1v) is 4.08. The van der Waals surface area contributed by atoms with E-state index in [4.69, 9.17) is 0 Å². The van der Waals surface area contributed by atoms with Gasteiger partial charge in [-0.1, -0.05) is 13.8 Å². The molecule has 0 aliphatic carbocycles. The van der Waals surface area contributed by atoms with Crippen molar-refractivity contribution in [3.63, 3.8) is 0 Å². The summed E-state index contributed by atoms with van der Waals surface area (Å²) in [5.74, 6) is 0.427. The third kappa shape index (κ3) is 3.37. The monoisotopic (exact) mass is 158 g/mol. The third-order valence-electron chi connectivity index (χ3n) is 1.61. The average Bonchev–Trinajstić information content (AvgIpc) is 1.88. The van der Waals surface area contributed by atoms with Crippen molar-refractivity contribution >= 4 is 5.91 Å². The van der Waals surface area contributed by atoms with Gasteiger partial charge in [-0.15, -0.1) is 0 Å². The van der Waals surface area contributed by atoms with Crippen molar-refractivity contribution < 1.29 is 4.79 Å². The molecule has 3 heteroatoms. The number of nitrogens with one attached hydrogen (secondary N) is 2. The number of rotatable bonds is 4. The Balaban J connectivity index is 3.92. The van der Waals surface area contributed by atoms with Crippen LogP contribution >= 0.6 is 0 Å². The summed E-state index contributed by atoms with van der Waals surface area (Å²) in [6.07, 6.45) is 0. The summed E-state index contributed by atoms with van der Waals surface area (Å²) in [5, 5.41) is 5.75. The molecule has 0 unspecified atom stereocenters. The summed E-state index contributed by atoms with van der Waals surface area (Å²) < 4.78 is 0. The van der Waals surface area contributed by atoms with E-state index >= 15 is 0 Å². The minimum Gasteiger partial charge on any atom is -0.355 e. The first-order chi connectivity index (χ1) is 5.13. The van der Waals surface area contributed by atoms with Crippen LogP contribution in [0.3, 0.4) is 0 Å². The van der Waals surface area contributed by atoms with Gasteiger partial charge in [0.2, 0.25) is 5.91 Å². The van der Waals surface area contributed by atoms with Crippen LogP contribution in [0, 0.1) is 5.92 Å². The molecule has 2 N–H and O–H groups in total. The Hall–Kier alpha value is -0.570. The van der Waals surface area contributed by atoms with E-state index in [1.165, 1.54) is 0 Å². The number of carbonyl (C=O) groups excluding carboxylic acids is 1. The summed E-state index contributed by atoms with van der Waals surface area (Å²) in [6.45, 7) is 6.67. The van der Waals surface area contributed by atoms with E-state index in [1.807, 2.05) is 20.8 Å². The van der Waals surface area contributed by atoms with Crippen LogP contribution in [0.4, 0.5) is 0 Å². The fourth-order valence-corrected chi connectivity index (χ4v) is 1.05. The molecule has 3 nitrogen and oxygen atoms in total. The number of hydrogen-bond donors (Lipinski definition) is 2. The van der Waals surface area contributed by atoms with Crippen LogP contribution in [-0.2, 0) is 4.79 Å². The van der Waals surface area contributed by atoms with Crippen LogP contribution in [0.25, 0.3) is 0 Å². The minimum absolute atomic E-state index is 0.0602. The molecule has 0 bridgehead atoms. The first kappa shape index (κ1) is 10.4. The van der Waals surface area contributed by atoms with E-state index in [0.717, 1.165) is 0 Å². The Morgan fingerprint density at radius 2 is 2.00 bits per heavy atom. The van der Waals surface area contributed by atoms with Crippen molar-refractivity contribution in [1.29, 1.82) is 0 Å². The van der Waals surface area contributed by atoms with Gasteiger partial charge in [0.25, 0.3) is 0 Å². The lowest BCUT2D eigenvalue weighted by Crippen LogP contribution is -2.45. The third-order valence-corrected chi connectivity index (χ3v) is 1.61. The summed E-state index contributed by atoms with van der Waals surface area (Å²) in [4.78, 5) is 11.2. The lowest BCUT2D eigenvalue weighted by Gasteiger charge is -2.18. The van der Waals surface area contributed by atoms with Gasteiger partial charge in [0, 0.05) is 6.54 Å². The Morgan fingerprint density at radius 1 is 1.45 bits per heavy atom. The van der Waals surface area contributed by atoms with Gasteiger partial charge in [0.15, 0.2) is 0 Å². The SMILES string of the molecule is CCNC(=O)[C@@H](NC)C(C)C. The molecule has 0 heterocycles. The molecule has 0 spiro atoms. The van der Waals surface area contributed by atoms with E-state index in [1.54, 1.807) is 7.05 Å². The molecule has 0 aromatic heterocycles. The molecule has 66 valence electrons. The van der Waals surface area contributed by atoms with E-state index in [0.29, 0.717) is 12.5 Å². The average molecular weight is 158 g/mol. The highest BCUT2D eigenvalue weighted by Gasteiger charge is 2.18. The lowest BCUT2D eigenvalue weighted by molar-refractivity contribution is -0.123. The van der Waals surface area contributed by atoms with Gasteiger partial charge < -0.3 is 10.6 Å². The highest BCUT2D eigenvalue weighted by Crippen LogP contribution is 1.99. The van der Waals surface area contributed by atoms with E-state index in [2.05, 4.69) is 10.6 Å². The summed E-state index contributed by atoms with van der Waals surface area (Å²) in [6, 6.07) is -0.0602. The van der Waals surface area contributed by atoms with Gasteiger partial charge in [-0.3, -0.25) is 4.79 Å². The van der Waals surface area contributed by atoms with E-state index < -0.39 is 0 Å². The van der Waals surface area contributed by atoms with Crippen molar-refractivity contribution in [2.75, 3.05) is 13.6 Å². The molecule has 0 aromatic carbocycles. The first-order valence-electron chi connectivity index (χ1n) is 4.08. The fraction of sp³-hybridized carbons (Fsp3) is 0.875. The molecule has 0 aliphatic heterocycles. The number of carbonyl (C=O) groups is 1. The van der Waals surface area contributed by atoms with Crippen molar-refractivity contribution in [1.82, 2.24) is 10.6 Å². The second-order valence-electron chi connectivity index (χ2n) is 2.90. The standard InChI is InChI=1S/C8H18N2O/c1-5-10-8(11)7(9-4)6(2)3/h6-7,9H,5H2,1-4H3,(H,10,11)/t7-/m0/s1. The Labute approximate surface area is 68.6 Å². The molecule has 0 radical (unpaired) electrons. The molecule has 1 atom stereocenters. The highest BCUT2D eigenvalue weighted by molar-refractivity contribution is 5.81. The molecule has 11 heavy (non-hydrogen) atoms. The van der Waals surface area contributed by atoms with Gasteiger partial charge in [-0.2, -0.15) is 0 Å². The van der Waals surface area contributed by atoms with Crippen LogP contribution < -0.4 is 10.6 Å². The van der Waals surface area contributed by atoms with Crippen molar-refractivity contribution in [3.05, 3.63) is 0 Å². The zero-order valence-corrected chi connectivity index (χ0v) is 7.77. The largest absolute Gasteiger partial charge is 0.355 e. The molecule has 0 fully saturated rings.